The predicted molar refractivity (Wildman–Crippen MR) is 38.2 cm³/mol. The smallest absolute Gasteiger partial charge is 0.252 e. The molecule has 0 spiro atoms. The van der Waals surface area contributed by atoms with Crippen LogP contribution in [0.1, 0.15) is 5.76 Å². The summed E-state index contributed by atoms with van der Waals surface area (Å²) >= 11 is 0. The number of furan rings is 1. The van der Waals surface area contributed by atoms with Gasteiger partial charge in [0.2, 0.25) is 0 Å². The highest BCUT2D eigenvalue weighted by Gasteiger charge is 2.02. The first-order valence-corrected chi connectivity index (χ1v) is 2.93. The molecule has 0 amide bonds. The second-order valence-corrected chi connectivity index (χ2v) is 1.71. The molecule has 0 aliphatic carbocycles. The van der Waals surface area contributed by atoms with E-state index in [1.807, 2.05) is 0 Å². The Hall–Kier alpha value is -1.25. The third-order valence-electron chi connectivity index (χ3n) is 1.13. The molecule has 0 unspecified atom stereocenters. The van der Waals surface area contributed by atoms with Crippen LogP contribution in [0, 0.1) is 0 Å². The second-order valence-electron chi connectivity index (χ2n) is 1.71. The van der Waals surface area contributed by atoms with Crippen molar-refractivity contribution in [1.29, 1.82) is 0 Å². The molecule has 54 valence electrons. The van der Waals surface area contributed by atoms with Gasteiger partial charge in [-0.2, -0.15) is 0 Å². The second kappa shape index (κ2) is 3.06. The molecule has 3 heteroatoms. The lowest BCUT2D eigenvalue weighted by molar-refractivity contribution is 0.387. The average Bonchev–Trinajstić information content (AvgIpc) is 2.43. The van der Waals surface area contributed by atoms with Crippen molar-refractivity contribution in [1.82, 2.24) is 0 Å². The van der Waals surface area contributed by atoms with Crippen LogP contribution in [0.5, 0.6) is 0 Å². The molecular formula is C7H9NO2. The lowest BCUT2D eigenvalue weighted by Crippen LogP contribution is -2.00. The topological polar surface area (TPSA) is 34.7 Å². The highest BCUT2D eigenvalue weighted by molar-refractivity contribution is 5.90. The van der Waals surface area contributed by atoms with Gasteiger partial charge in [-0.15, -0.1) is 0 Å². The molecule has 0 aliphatic heterocycles. The summed E-state index contributed by atoms with van der Waals surface area (Å²) in [6.07, 6.45) is 1.58. The lowest BCUT2D eigenvalue weighted by atomic mass is 10.4. The molecule has 1 aromatic rings. The molecule has 0 saturated heterocycles. The minimum atomic E-state index is 0.519. The Kier molecular flexibility index (Phi) is 2.10. The van der Waals surface area contributed by atoms with Gasteiger partial charge in [-0.05, 0) is 12.1 Å². The van der Waals surface area contributed by atoms with Crippen LogP contribution in [0.2, 0.25) is 0 Å². The summed E-state index contributed by atoms with van der Waals surface area (Å²) in [4.78, 5) is 3.85. The van der Waals surface area contributed by atoms with Crippen LogP contribution in [0.3, 0.4) is 0 Å². The van der Waals surface area contributed by atoms with Crippen molar-refractivity contribution >= 4 is 5.90 Å². The number of aliphatic imine (C=N–C) groups is 1. The highest BCUT2D eigenvalue weighted by Crippen LogP contribution is 2.01. The van der Waals surface area contributed by atoms with Crippen LogP contribution < -0.4 is 0 Å². The van der Waals surface area contributed by atoms with Crippen LogP contribution in [0.4, 0.5) is 0 Å². The Balaban J connectivity index is 2.85. The lowest BCUT2D eigenvalue weighted by Gasteiger charge is -1.97. The maximum absolute atomic E-state index is 5.02. The molecule has 0 saturated carbocycles. The first kappa shape index (κ1) is 6.86. The van der Waals surface area contributed by atoms with Crippen molar-refractivity contribution in [2.45, 2.75) is 0 Å². The number of rotatable bonds is 1. The fourth-order valence-electron chi connectivity index (χ4n) is 0.702. The van der Waals surface area contributed by atoms with E-state index in [0.29, 0.717) is 11.7 Å². The summed E-state index contributed by atoms with van der Waals surface area (Å²) in [5, 5.41) is 0. The number of hydrogen-bond acceptors (Lipinski definition) is 3. The van der Waals surface area contributed by atoms with Crippen molar-refractivity contribution in [2.24, 2.45) is 4.99 Å². The van der Waals surface area contributed by atoms with Gasteiger partial charge in [-0.25, -0.2) is 0 Å². The predicted octanol–water partition coefficient (Wildman–Crippen LogP) is 1.30. The van der Waals surface area contributed by atoms with E-state index in [1.54, 1.807) is 32.6 Å². The highest BCUT2D eigenvalue weighted by atomic mass is 16.5. The molecule has 0 bridgehead atoms. The fraction of sp³-hybridized carbons (Fsp3) is 0.286. The largest absolute Gasteiger partial charge is 0.479 e. The van der Waals surface area contributed by atoms with Gasteiger partial charge in [-0.1, -0.05) is 0 Å². The molecule has 1 rings (SSSR count). The molecule has 0 atom stereocenters. The number of ether oxygens (including phenoxy) is 1. The first-order chi connectivity index (χ1) is 4.88. The first-order valence-electron chi connectivity index (χ1n) is 2.93. The Morgan fingerprint density at radius 2 is 2.50 bits per heavy atom. The average molecular weight is 139 g/mol. The van der Waals surface area contributed by atoms with Crippen molar-refractivity contribution < 1.29 is 9.15 Å². The Bertz CT molecular complexity index is 214. The van der Waals surface area contributed by atoms with Crippen LogP contribution >= 0.6 is 0 Å². The summed E-state index contributed by atoms with van der Waals surface area (Å²) in [5.74, 6) is 1.18. The minimum Gasteiger partial charge on any atom is -0.479 e. The molecule has 10 heavy (non-hydrogen) atoms. The summed E-state index contributed by atoms with van der Waals surface area (Å²) in [7, 11) is 3.21. The van der Waals surface area contributed by atoms with E-state index in [0.717, 1.165) is 0 Å². The van der Waals surface area contributed by atoms with Crippen molar-refractivity contribution in [3.63, 3.8) is 0 Å². The molecule has 0 radical (unpaired) electrons. The number of hydrogen-bond donors (Lipinski definition) is 0. The Morgan fingerprint density at radius 3 is 2.90 bits per heavy atom. The van der Waals surface area contributed by atoms with Gasteiger partial charge < -0.3 is 9.15 Å². The van der Waals surface area contributed by atoms with Gasteiger partial charge in [0.25, 0.3) is 5.90 Å². The molecule has 0 aliphatic rings. The SMILES string of the molecule is CN=C(OC)c1ccco1. The normalized spacial score (nSPS) is 11.6. The molecular weight excluding hydrogens is 130 g/mol. The van der Waals surface area contributed by atoms with Crippen LogP contribution in [-0.2, 0) is 4.74 Å². The molecule has 1 heterocycles. The van der Waals surface area contributed by atoms with Gasteiger partial charge in [0, 0.05) is 7.05 Å². The minimum absolute atomic E-state index is 0.519. The maximum Gasteiger partial charge on any atom is 0.252 e. The zero-order chi connectivity index (χ0) is 7.40. The molecule has 0 fully saturated rings. The van der Waals surface area contributed by atoms with Gasteiger partial charge in [-0.3, -0.25) is 4.99 Å². The summed E-state index contributed by atoms with van der Waals surface area (Å²) in [6, 6.07) is 3.59. The molecule has 3 nitrogen and oxygen atoms in total. The van der Waals surface area contributed by atoms with Gasteiger partial charge >= 0.3 is 0 Å². The van der Waals surface area contributed by atoms with E-state index in [9.17, 15) is 0 Å². The van der Waals surface area contributed by atoms with Gasteiger partial charge in [0.05, 0.1) is 13.4 Å². The van der Waals surface area contributed by atoms with Crippen molar-refractivity contribution in [2.75, 3.05) is 14.2 Å². The number of methoxy groups -OCH3 is 1. The molecule has 0 N–H and O–H groups in total. The van der Waals surface area contributed by atoms with E-state index < -0.39 is 0 Å². The van der Waals surface area contributed by atoms with E-state index in [-0.39, 0.29) is 0 Å². The zero-order valence-corrected chi connectivity index (χ0v) is 6.00. The summed E-state index contributed by atoms with van der Waals surface area (Å²) < 4.78 is 9.92. The van der Waals surface area contributed by atoms with Crippen molar-refractivity contribution in [3.8, 4) is 0 Å². The summed E-state index contributed by atoms with van der Waals surface area (Å²) in [5.41, 5.74) is 0. The van der Waals surface area contributed by atoms with E-state index in [4.69, 9.17) is 9.15 Å². The quantitative estimate of drug-likeness (QED) is 0.434. The Labute approximate surface area is 59.3 Å². The third-order valence-corrected chi connectivity index (χ3v) is 1.13. The summed E-state index contributed by atoms with van der Waals surface area (Å²) in [6.45, 7) is 0. The fourth-order valence-corrected chi connectivity index (χ4v) is 0.702. The van der Waals surface area contributed by atoms with Gasteiger partial charge in [0.15, 0.2) is 5.76 Å². The van der Waals surface area contributed by atoms with E-state index >= 15 is 0 Å². The third kappa shape index (κ3) is 1.18. The maximum atomic E-state index is 5.02. The van der Waals surface area contributed by atoms with Crippen LogP contribution in [0.25, 0.3) is 0 Å². The van der Waals surface area contributed by atoms with Crippen molar-refractivity contribution in [3.05, 3.63) is 24.2 Å². The standard InChI is InChI=1S/C7H9NO2/c1-8-7(9-2)6-4-3-5-10-6/h3-5H,1-2H3. The van der Waals surface area contributed by atoms with Gasteiger partial charge in [0.1, 0.15) is 0 Å². The van der Waals surface area contributed by atoms with E-state index in [2.05, 4.69) is 4.99 Å². The molecule has 0 aromatic carbocycles. The number of nitrogens with zero attached hydrogens (tertiary/aromatic N) is 1. The monoisotopic (exact) mass is 139 g/mol. The van der Waals surface area contributed by atoms with Crippen LogP contribution in [0.15, 0.2) is 27.8 Å². The van der Waals surface area contributed by atoms with Crippen LogP contribution in [-0.4, -0.2) is 20.1 Å². The molecule has 1 aromatic heterocycles. The zero-order valence-electron chi connectivity index (χ0n) is 6.00. The van der Waals surface area contributed by atoms with E-state index in [1.165, 1.54) is 0 Å². The Morgan fingerprint density at radius 1 is 1.70 bits per heavy atom.